The van der Waals surface area contributed by atoms with Crippen LogP contribution in [0.25, 0.3) is 11.3 Å². The number of ether oxygens (including phenoxy) is 3. The molecule has 0 saturated carbocycles. The SMILES string of the molecule is COC(=O)C1=C(C)NC(=O)N[C@@H]1c1ccc(OCC(=O)N/N=C\c2ccc(-c3ccc(I)cc3)o2)c(OC)c1. The van der Waals surface area contributed by atoms with E-state index in [1.807, 2.05) is 30.3 Å². The monoisotopic (exact) mass is 644 g/mol. The quantitative estimate of drug-likeness (QED) is 0.139. The smallest absolute Gasteiger partial charge is 0.337 e. The van der Waals surface area contributed by atoms with Crippen LogP contribution in [0.1, 0.15) is 24.3 Å². The summed E-state index contributed by atoms with van der Waals surface area (Å²) in [5.41, 5.74) is 4.52. The van der Waals surface area contributed by atoms with Crippen molar-refractivity contribution in [1.82, 2.24) is 16.1 Å². The summed E-state index contributed by atoms with van der Waals surface area (Å²) < 4.78 is 22.8. The Morgan fingerprint density at radius 2 is 1.87 bits per heavy atom. The molecule has 0 aliphatic carbocycles. The normalized spacial score (nSPS) is 15.0. The third-order valence-electron chi connectivity index (χ3n) is 5.69. The fraction of sp³-hybridized carbons (Fsp3) is 0.185. The van der Waals surface area contributed by atoms with Gasteiger partial charge in [-0.1, -0.05) is 18.2 Å². The topological polar surface area (TPSA) is 140 Å². The third-order valence-corrected chi connectivity index (χ3v) is 6.41. The lowest BCUT2D eigenvalue weighted by Gasteiger charge is -2.28. The average molecular weight is 644 g/mol. The maximum atomic E-state index is 12.3. The van der Waals surface area contributed by atoms with Crippen molar-refractivity contribution in [1.29, 1.82) is 0 Å². The minimum Gasteiger partial charge on any atom is -0.493 e. The van der Waals surface area contributed by atoms with Gasteiger partial charge >= 0.3 is 12.0 Å². The molecule has 1 aliphatic rings. The molecule has 12 heteroatoms. The van der Waals surface area contributed by atoms with Crippen LogP contribution >= 0.6 is 22.6 Å². The summed E-state index contributed by atoms with van der Waals surface area (Å²) in [5.74, 6) is 0.668. The van der Waals surface area contributed by atoms with Crippen LogP contribution < -0.4 is 25.5 Å². The molecule has 0 bridgehead atoms. The number of hydrogen-bond donors (Lipinski definition) is 3. The number of benzene rings is 2. The standard InChI is InChI=1S/C27H25IN4O7/c1-15-24(26(34)37-3)25(31-27(35)30-15)17-6-10-21(22(12-17)36-2)38-14-23(33)32-29-13-19-9-11-20(39-19)16-4-7-18(28)8-5-16/h4-13,25H,14H2,1-3H3,(H,32,33)(H2,30,31,35)/b29-13-/t25-/m1/s1. The Hall–Kier alpha value is -4.33. The summed E-state index contributed by atoms with van der Waals surface area (Å²) in [6.45, 7) is 1.28. The molecule has 202 valence electrons. The van der Waals surface area contributed by atoms with Crippen LogP contribution in [0.15, 0.2) is 75.4 Å². The summed E-state index contributed by atoms with van der Waals surface area (Å²) in [6, 6.07) is 15.1. The molecule has 1 aliphatic heterocycles. The summed E-state index contributed by atoms with van der Waals surface area (Å²) >= 11 is 2.23. The van der Waals surface area contributed by atoms with Gasteiger partial charge in [-0.15, -0.1) is 0 Å². The molecule has 3 aromatic rings. The molecule has 0 saturated heterocycles. The van der Waals surface area contributed by atoms with Crippen molar-refractivity contribution in [2.45, 2.75) is 13.0 Å². The van der Waals surface area contributed by atoms with Crippen molar-refractivity contribution in [3.63, 3.8) is 0 Å². The van der Waals surface area contributed by atoms with E-state index in [9.17, 15) is 14.4 Å². The van der Waals surface area contributed by atoms with Crippen molar-refractivity contribution < 1.29 is 33.0 Å². The largest absolute Gasteiger partial charge is 0.493 e. The molecule has 1 atom stereocenters. The number of halogens is 1. The number of allylic oxidation sites excluding steroid dienone is 1. The van der Waals surface area contributed by atoms with Gasteiger partial charge in [0.25, 0.3) is 5.91 Å². The number of nitrogens with one attached hydrogen (secondary N) is 3. The molecule has 3 amide bonds. The Balaban J connectivity index is 1.37. The van der Waals surface area contributed by atoms with Gasteiger partial charge < -0.3 is 29.3 Å². The number of hydrazone groups is 1. The molecule has 2 heterocycles. The van der Waals surface area contributed by atoms with Crippen LogP contribution in [-0.2, 0) is 14.3 Å². The lowest BCUT2D eigenvalue weighted by molar-refractivity contribution is -0.136. The van der Waals surface area contributed by atoms with Crippen molar-refractivity contribution in [3.05, 3.63) is 80.8 Å². The number of rotatable bonds is 9. The van der Waals surface area contributed by atoms with E-state index < -0.39 is 23.9 Å². The number of furan rings is 1. The first kappa shape index (κ1) is 27.7. The van der Waals surface area contributed by atoms with E-state index in [4.69, 9.17) is 18.6 Å². The van der Waals surface area contributed by atoms with Crippen molar-refractivity contribution in [2.75, 3.05) is 20.8 Å². The molecular formula is C27H25IN4O7. The number of carbonyl (C=O) groups excluding carboxylic acids is 3. The zero-order valence-corrected chi connectivity index (χ0v) is 23.4. The van der Waals surface area contributed by atoms with Crippen molar-refractivity contribution in [2.24, 2.45) is 5.10 Å². The van der Waals surface area contributed by atoms with Gasteiger partial charge in [0.2, 0.25) is 0 Å². The number of esters is 1. The van der Waals surface area contributed by atoms with Crippen LogP contribution in [0.5, 0.6) is 11.5 Å². The highest BCUT2D eigenvalue weighted by molar-refractivity contribution is 14.1. The lowest BCUT2D eigenvalue weighted by atomic mass is 9.95. The minimum absolute atomic E-state index is 0.257. The van der Waals surface area contributed by atoms with E-state index in [0.717, 1.165) is 9.13 Å². The third kappa shape index (κ3) is 6.76. The maximum absolute atomic E-state index is 12.3. The molecule has 2 aromatic carbocycles. The van der Waals surface area contributed by atoms with Gasteiger partial charge in [-0.2, -0.15) is 5.10 Å². The second-order valence-electron chi connectivity index (χ2n) is 8.26. The number of methoxy groups -OCH3 is 2. The summed E-state index contributed by atoms with van der Waals surface area (Å²) in [4.78, 5) is 36.6. The summed E-state index contributed by atoms with van der Waals surface area (Å²) in [7, 11) is 2.70. The van der Waals surface area contributed by atoms with Gasteiger partial charge in [0, 0.05) is 14.8 Å². The first-order valence-corrected chi connectivity index (χ1v) is 12.7. The number of carbonyl (C=O) groups is 3. The Morgan fingerprint density at radius 1 is 1.10 bits per heavy atom. The second kappa shape index (κ2) is 12.5. The molecule has 3 N–H and O–H groups in total. The van der Waals surface area contributed by atoms with Gasteiger partial charge in [0.1, 0.15) is 11.5 Å². The minimum atomic E-state index is -0.764. The van der Waals surface area contributed by atoms with Gasteiger partial charge in [-0.3, -0.25) is 4.79 Å². The van der Waals surface area contributed by atoms with Gasteiger partial charge in [0.15, 0.2) is 18.1 Å². The van der Waals surface area contributed by atoms with E-state index in [-0.39, 0.29) is 17.9 Å². The number of hydrogen-bond acceptors (Lipinski definition) is 8. The van der Waals surface area contributed by atoms with Gasteiger partial charge in [-0.05, 0) is 71.5 Å². The molecule has 0 radical (unpaired) electrons. The summed E-state index contributed by atoms with van der Waals surface area (Å²) in [5, 5.41) is 9.19. The number of nitrogens with zero attached hydrogens (tertiary/aromatic N) is 1. The molecule has 4 rings (SSSR count). The van der Waals surface area contributed by atoms with Crippen LogP contribution in [0.3, 0.4) is 0 Å². The summed E-state index contributed by atoms with van der Waals surface area (Å²) in [6.07, 6.45) is 1.39. The molecule has 0 unspecified atom stereocenters. The maximum Gasteiger partial charge on any atom is 0.337 e. The molecule has 0 fully saturated rings. The first-order valence-electron chi connectivity index (χ1n) is 11.6. The first-order chi connectivity index (χ1) is 18.8. The highest BCUT2D eigenvalue weighted by Crippen LogP contribution is 2.34. The highest BCUT2D eigenvalue weighted by Gasteiger charge is 2.32. The van der Waals surface area contributed by atoms with Gasteiger partial charge in [-0.25, -0.2) is 15.0 Å². The van der Waals surface area contributed by atoms with E-state index in [1.54, 1.807) is 31.2 Å². The number of amides is 3. The van der Waals surface area contributed by atoms with Crippen LogP contribution in [0.2, 0.25) is 0 Å². The fourth-order valence-electron chi connectivity index (χ4n) is 3.84. The van der Waals surface area contributed by atoms with Crippen molar-refractivity contribution in [3.8, 4) is 22.8 Å². The molecule has 0 spiro atoms. The van der Waals surface area contributed by atoms with Crippen LogP contribution in [0, 0.1) is 3.57 Å². The Bertz CT molecular complexity index is 1450. The Labute approximate surface area is 237 Å². The van der Waals surface area contributed by atoms with E-state index in [0.29, 0.717) is 28.5 Å². The Morgan fingerprint density at radius 3 is 2.59 bits per heavy atom. The zero-order valence-electron chi connectivity index (χ0n) is 21.2. The van der Waals surface area contributed by atoms with Crippen LogP contribution in [-0.4, -0.2) is 44.9 Å². The van der Waals surface area contributed by atoms with Crippen LogP contribution in [0.4, 0.5) is 4.79 Å². The predicted molar refractivity (Wildman–Crippen MR) is 150 cm³/mol. The molecule has 11 nitrogen and oxygen atoms in total. The van der Waals surface area contributed by atoms with E-state index in [1.165, 1.54) is 20.4 Å². The van der Waals surface area contributed by atoms with Crippen molar-refractivity contribution >= 4 is 46.7 Å². The second-order valence-corrected chi connectivity index (χ2v) is 9.51. The van der Waals surface area contributed by atoms with E-state index >= 15 is 0 Å². The van der Waals surface area contributed by atoms with Gasteiger partial charge in [0.05, 0.1) is 32.0 Å². The number of urea groups is 1. The lowest BCUT2D eigenvalue weighted by Crippen LogP contribution is -2.45. The zero-order chi connectivity index (χ0) is 27.9. The predicted octanol–water partition coefficient (Wildman–Crippen LogP) is 3.89. The molecule has 1 aromatic heterocycles. The fourth-order valence-corrected chi connectivity index (χ4v) is 4.20. The Kier molecular flexibility index (Phi) is 8.86. The molecule has 39 heavy (non-hydrogen) atoms. The highest BCUT2D eigenvalue weighted by atomic mass is 127. The average Bonchev–Trinajstić information content (AvgIpc) is 3.40. The van der Waals surface area contributed by atoms with E-state index in [2.05, 4.69) is 43.8 Å². The molecular weight excluding hydrogens is 619 g/mol.